The highest BCUT2D eigenvalue weighted by Crippen LogP contribution is 2.34. The Morgan fingerprint density at radius 2 is 1.78 bits per heavy atom. The summed E-state index contributed by atoms with van der Waals surface area (Å²) in [5.74, 6) is 0. The van der Waals surface area contributed by atoms with Crippen LogP contribution >= 0.6 is 0 Å². The summed E-state index contributed by atoms with van der Waals surface area (Å²) in [7, 11) is -1.98. The monoisotopic (exact) mass is 268 g/mol. The van der Waals surface area contributed by atoms with Crippen molar-refractivity contribution in [1.29, 1.82) is 0 Å². The van der Waals surface area contributed by atoms with E-state index in [-0.39, 0.29) is 5.54 Å². The van der Waals surface area contributed by atoms with E-state index in [2.05, 4.69) is 17.0 Å². The summed E-state index contributed by atoms with van der Waals surface area (Å²) in [6.45, 7) is 2.16. The first-order chi connectivity index (χ1) is 8.47. The van der Waals surface area contributed by atoms with E-state index in [0.29, 0.717) is 10.6 Å². The van der Waals surface area contributed by atoms with Gasteiger partial charge in [-0.25, -0.2) is 13.1 Å². The lowest BCUT2D eigenvalue weighted by atomic mass is 10.0. The maximum Gasteiger partial charge on any atom is 0.242 e. The van der Waals surface area contributed by atoms with Crippen LogP contribution in [0.4, 0.5) is 5.69 Å². The zero-order chi connectivity index (χ0) is 13.2. The van der Waals surface area contributed by atoms with E-state index in [0.717, 1.165) is 12.8 Å². The van der Waals surface area contributed by atoms with Gasteiger partial charge >= 0.3 is 0 Å². The van der Waals surface area contributed by atoms with Gasteiger partial charge in [0, 0.05) is 5.54 Å². The fourth-order valence-corrected chi connectivity index (χ4v) is 3.41. The normalized spacial score (nSPS) is 18.8. The molecule has 0 aliphatic heterocycles. The van der Waals surface area contributed by atoms with Crippen molar-refractivity contribution >= 4 is 15.7 Å². The molecule has 2 rings (SSSR count). The molecule has 1 aromatic carbocycles. The summed E-state index contributed by atoms with van der Waals surface area (Å²) in [6, 6.07) is 7.06. The van der Waals surface area contributed by atoms with Crippen LogP contribution in [-0.4, -0.2) is 21.0 Å². The van der Waals surface area contributed by atoms with Gasteiger partial charge in [-0.15, -0.1) is 0 Å². The van der Waals surface area contributed by atoms with Crippen molar-refractivity contribution in [3.8, 4) is 0 Å². The van der Waals surface area contributed by atoms with E-state index in [1.807, 2.05) is 12.1 Å². The van der Waals surface area contributed by atoms with Crippen molar-refractivity contribution in [2.24, 2.45) is 0 Å². The summed E-state index contributed by atoms with van der Waals surface area (Å²) in [5.41, 5.74) is 0.704. The average Bonchev–Trinajstić information content (AvgIpc) is 2.76. The van der Waals surface area contributed by atoms with Crippen LogP contribution in [0.3, 0.4) is 0 Å². The summed E-state index contributed by atoms with van der Waals surface area (Å²) in [4.78, 5) is 0.320. The fourth-order valence-electron chi connectivity index (χ4n) is 2.52. The number of benzene rings is 1. The molecule has 0 unspecified atom stereocenters. The minimum absolute atomic E-state index is 0.0133. The van der Waals surface area contributed by atoms with Crippen molar-refractivity contribution in [2.75, 3.05) is 12.4 Å². The molecule has 0 bridgehead atoms. The Kier molecular flexibility index (Phi) is 3.64. The molecule has 18 heavy (non-hydrogen) atoms. The van der Waals surface area contributed by atoms with Crippen molar-refractivity contribution in [3.63, 3.8) is 0 Å². The second kappa shape index (κ2) is 4.90. The molecule has 0 heterocycles. The second-order valence-electron chi connectivity index (χ2n) is 5.10. The third-order valence-corrected chi connectivity index (χ3v) is 5.06. The van der Waals surface area contributed by atoms with Crippen LogP contribution in [0.5, 0.6) is 0 Å². The van der Waals surface area contributed by atoms with E-state index in [9.17, 15) is 8.42 Å². The molecule has 2 N–H and O–H groups in total. The number of rotatable bonds is 4. The zero-order valence-electron chi connectivity index (χ0n) is 10.9. The van der Waals surface area contributed by atoms with Crippen molar-refractivity contribution < 1.29 is 8.42 Å². The molecule has 1 aliphatic rings. The summed E-state index contributed by atoms with van der Waals surface area (Å²) < 4.78 is 26.3. The quantitative estimate of drug-likeness (QED) is 0.881. The number of hydrogen-bond donors (Lipinski definition) is 2. The Labute approximate surface area is 109 Å². The van der Waals surface area contributed by atoms with Crippen molar-refractivity contribution in [1.82, 2.24) is 4.72 Å². The van der Waals surface area contributed by atoms with Gasteiger partial charge in [0.2, 0.25) is 10.0 Å². The van der Waals surface area contributed by atoms with Crippen LogP contribution in [0.2, 0.25) is 0 Å². The van der Waals surface area contributed by atoms with Gasteiger partial charge in [0.1, 0.15) is 4.90 Å². The Morgan fingerprint density at radius 3 is 2.39 bits per heavy atom. The highest BCUT2D eigenvalue weighted by molar-refractivity contribution is 7.89. The summed E-state index contributed by atoms with van der Waals surface area (Å²) in [6.07, 6.45) is 4.57. The Bertz CT molecular complexity index is 520. The average molecular weight is 268 g/mol. The lowest BCUT2D eigenvalue weighted by Gasteiger charge is -2.27. The molecule has 0 radical (unpaired) electrons. The largest absolute Gasteiger partial charge is 0.379 e. The molecule has 100 valence electrons. The minimum atomic E-state index is -3.41. The van der Waals surface area contributed by atoms with Crippen LogP contribution < -0.4 is 10.0 Å². The first kappa shape index (κ1) is 13.4. The van der Waals surface area contributed by atoms with Gasteiger partial charge in [-0.2, -0.15) is 0 Å². The number of sulfonamides is 1. The molecule has 4 nitrogen and oxygen atoms in total. The van der Waals surface area contributed by atoms with E-state index in [1.54, 1.807) is 12.1 Å². The molecule has 5 heteroatoms. The molecule has 1 aromatic rings. The van der Waals surface area contributed by atoms with Crippen LogP contribution in [0.15, 0.2) is 29.2 Å². The maximum absolute atomic E-state index is 11.9. The van der Waals surface area contributed by atoms with Gasteiger partial charge in [-0.1, -0.05) is 25.0 Å². The summed E-state index contributed by atoms with van der Waals surface area (Å²) >= 11 is 0. The molecule has 0 amide bonds. The molecular formula is C13H20N2O2S. The topological polar surface area (TPSA) is 58.2 Å². The van der Waals surface area contributed by atoms with Crippen LogP contribution in [0.1, 0.15) is 32.6 Å². The van der Waals surface area contributed by atoms with Gasteiger partial charge in [-0.05, 0) is 38.9 Å². The predicted octanol–water partition coefficient (Wildman–Crippen LogP) is 2.34. The minimum Gasteiger partial charge on any atom is -0.379 e. The fraction of sp³-hybridized carbons (Fsp3) is 0.538. The highest BCUT2D eigenvalue weighted by atomic mass is 32.2. The van der Waals surface area contributed by atoms with Crippen LogP contribution in [0, 0.1) is 0 Å². The molecular weight excluding hydrogens is 248 g/mol. The third kappa shape index (κ3) is 2.67. The Hall–Kier alpha value is -1.07. The number of anilines is 1. The van der Waals surface area contributed by atoms with Gasteiger partial charge in [-0.3, -0.25) is 0 Å². The van der Waals surface area contributed by atoms with E-state index < -0.39 is 10.0 Å². The lowest BCUT2D eigenvalue weighted by Crippen LogP contribution is -2.32. The molecule has 1 saturated carbocycles. The highest BCUT2D eigenvalue weighted by Gasteiger charge is 2.30. The van der Waals surface area contributed by atoms with Crippen LogP contribution in [0.25, 0.3) is 0 Å². The first-order valence-electron chi connectivity index (χ1n) is 6.28. The number of hydrogen-bond acceptors (Lipinski definition) is 3. The number of para-hydroxylation sites is 1. The first-order valence-corrected chi connectivity index (χ1v) is 7.76. The van der Waals surface area contributed by atoms with E-state index in [4.69, 9.17) is 0 Å². The van der Waals surface area contributed by atoms with Gasteiger partial charge in [0.15, 0.2) is 0 Å². The van der Waals surface area contributed by atoms with Gasteiger partial charge < -0.3 is 5.32 Å². The van der Waals surface area contributed by atoms with Gasteiger partial charge in [0.05, 0.1) is 5.69 Å². The van der Waals surface area contributed by atoms with Crippen molar-refractivity contribution in [2.45, 2.75) is 43.0 Å². The molecule has 1 aliphatic carbocycles. The molecule has 0 aromatic heterocycles. The third-order valence-electron chi connectivity index (χ3n) is 3.59. The predicted molar refractivity (Wildman–Crippen MR) is 73.2 cm³/mol. The van der Waals surface area contributed by atoms with Gasteiger partial charge in [0.25, 0.3) is 0 Å². The van der Waals surface area contributed by atoms with E-state index in [1.165, 1.54) is 19.9 Å². The Balaban J connectivity index is 2.34. The molecule has 0 atom stereocenters. The smallest absolute Gasteiger partial charge is 0.242 e. The second-order valence-corrected chi connectivity index (χ2v) is 6.95. The molecule has 0 spiro atoms. The number of nitrogens with one attached hydrogen (secondary N) is 2. The standard InChI is InChI=1S/C13H20N2O2S/c1-13(9-5-6-10-13)15-11-7-3-4-8-12(11)18(16,17)14-2/h3-4,7-8,14-15H,5-6,9-10H2,1-2H3. The Morgan fingerprint density at radius 1 is 1.17 bits per heavy atom. The molecule has 0 saturated heterocycles. The molecule has 1 fully saturated rings. The SMILES string of the molecule is CNS(=O)(=O)c1ccccc1NC1(C)CCCC1. The van der Waals surface area contributed by atoms with E-state index >= 15 is 0 Å². The zero-order valence-corrected chi connectivity index (χ0v) is 11.7. The summed E-state index contributed by atoms with van der Waals surface area (Å²) in [5, 5.41) is 3.41. The van der Waals surface area contributed by atoms with Crippen molar-refractivity contribution in [3.05, 3.63) is 24.3 Å². The lowest BCUT2D eigenvalue weighted by molar-refractivity contribution is 0.531. The van der Waals surface area contributed by atoms with Crippen LogP contribution in [-0.2, 0) is 10.0 Å². The maximum atomic E-state index is 11.9.